The maximum atomic E-state index is 12.7. The number of anilines is 1. The van der Waals surface area contributed by atoms with Gasteiger partial charge in [0, 0.05) is 29.5 Å². The van der Waals surface area contributed by atoms with Crippen LogP contribution >= 0.6 is 23.2 Å². The van der Waals surface area contributed by atoms with Gasteiger partial charge in [-0.2, -0.15) is 10.2 Å². The number of amides is 1. The van der Waals surface area contributed by atoms with Gasteiger partial charge in [-0.25, -0.2) is 0 Å². The topological polar surface area (TPSA) is 118 Å². The van der Waals surface area contributed by atoms with Crippen LogP contribution in [0.25, 0.3) is 10.9 Å². The molecule has 3 N–H and O–H groups in total. The number of aliphatic hydroxyl groups is 1. The Bertz CT molecular complexity index is 1220. The summed E-state index contributed by atoms with van der Waals surface area (Å²) in [7, 11) is 0. The van der Waals surface area contributed by atoms with E-state index in [0.29, 0.717) is 44.5 Å². The minimum Gasteiger partial charge on any atom is -0.489 e. The Balaban J connectivity index is 1.51. The van der Waals surface area contributed by atoms with E-state index in [1.165, 1.54) is 18.6 Å². The first-order valence-corrected chi connectivity index (χ1v) is 10.1. The number of aromatic amines is 1. The van der Waals surface area contributed by atoms with Gasteiger partial charge in [0.2, 0.25) is 0 Å². The summed E-state index contributed by atoms with van der Waals surface area (Å²) in [6, 6.07) is 5.24. The Hall–Kier alpha value is -3.14. The molecule has 0 bridgehead atoms. The number of benzene rings is 1. The van der Waals surface area contributed by atoms with Crippen LogP contribution in [-0.4, -0.2) is 42.1 Å². The Morgan fingerprint density at radius 1 is 1.29 bits per heavy atom. The zero-order chi connectivity index (χ0) is 22.0. The van der Waals surface area contributed by atoms with Gasteiger partial charge < -0.3 is 15.2 Å². The monoisotopic (exact) mass is 460 g/mol. The zero-order valence-electron chi connectivity index (χ0n) is 16.3. The number of aliphatic hydroxyl groups excluding tert-OH is 1. The average molecular weight is 461 g/mol. The van der Waals surface area contributed by atoms with E-state index in [2.05, 4.69) is 25.6 Å². The molecule has 0 radical (unpaired) electrons. The quantitative estimate of drug-likeness (QED) is 0.387. The van der Waals surface area contributed by atoms with Gasteiger partial charge >= 0.3 is 0 Å². The molecule has 0 aliphatic heterocycles. The molecule has 1 unspecified atom stereocenters. The standard InChI is InChI=1S/C20H18Cl2N6O3/c1-11(29)8-28-9-12(5-24-28)25-20(30)19-14-4-13(2-3-18(14)26-27-19)31-10-15-16(21)6-23-7-17(15)22/h2-7,9,11,29H,8,10H2,1H3,(H,25,30)(H,26,27). The molecule has 3 heterocycles. The molecule has 0 spiro atoms. The number of nitrogens with one attached hydrogen (secondary N) is 2. The van der Waals surface area contributed by atoms with E-state index in [-0.39, 0.29) is 12.3 Å². The average Bonchev–Trinajstić information content (AvgIpc) is 3.33. The van der Waals surface area contributed by atoms with E-state index in [4.69, 9.17) is 27.9 Å². The normalized spacial score (nSPS) is 12.1. The van der Waals surface area contributed by atoms with E-state index in [1.807, 2.05) is 0 Å². The third-order valence-electron chi connectivity index (χ3n) is 4.43. The van der Waals surface area contributed by atoms with E-state index in [0.717, 1.165) is 0 Å². The number of hydrogen-bond donors (Lipinski definition) is 3. The van der Waals surface area contributed by atoms with Gasteiger partial charge in [-0.05, 0) is 25.1 Å². The summed E-state index contributed by atoms with van der Waals surface area (Å²) in [4.78, 5) is 16.7. The Kier molecular flexibility index (Phi) is 6.08. The van der Waals surface area contributed by atoms with Crippen molar-refractivity contribution in [1.29, 1.82) is 0 Å². The lowest BCUT2D eigenvalue weighted by molar-refractivity contribution is 0.102. The summed E-state index contributed by atoms with van der Waals surface area (Å²) in [5.74, 6) is 0.122. The van der Waals surface area contributed by atoms with Gasteiger partial charge in [-0.15, -0.1) is 0 Å². The predicted octanol–water partition coefficient (Wildman–Crippen LogP) is 3.67. The fourth-order valence-corrected chi connectivity index (χ4v) is 3.45. The summed E-state index contributed by atoms with van der Waals surface area (Å²) >= 11 is 12.3. The first-order chi connectivity index (χ1) is 14.9. The maximum absolute atomic E-state index is 12.7. The highest BCUT2D eigenvalue weighted by molar-refractivity contribution is 6.35. The second-order valence-electron chi connectivity index (χ2n) is 6.90. The second-order valence-corrected chi connectivity index (χ2v) is 7.72. The van der Waals surface area contributed by atoms with Crippen molar-refractivity contribution in [2.75, 3.05) is 5.32 Å². The van der Waals surface area contributed by atoms with Crippen LogP contribution in [0.1, 0.15) is 23.0 Å². The first-order valence-electron chi connectivity index (χ1n) is 9.31. The van der Waals surface area contributed by atoms with Crippen molar-refractivity contribution in [1.82, 2.24) is 25.0 Å². The molecule has 0 saturated carbocycles. The summed E-state index contributed by atoms with van der Waals surface area (Å²) in [6.45, 7) is 2.13. The highest BCUT2D eigenvalue weighted by Gasteiger charge is 2.16. The number of fused-ring (bicyclic) bond motifs is 1. The van der Waals surface area contributed by atoms with Crippen LogP contribution < -0.4 is 10.1 Å². The number of rotatable bonds is 7. The van der Waals surface area contributed by atoms with Gasteiger partial charge in [-0.1, -0.05) is 23.2 Å². The number of carbonyl (C=O) groups excluding carboxylic acids is 1. The molecule has 31 heavy (non-hydrogen) atoms. The molecule has 1 aromatic carbocycles. The van der Waals surface area contributed by atoms with E-state index >= 15 is 0 Å². The van der Waals surface area contributed by atoms with Crippen LogP contribution in [-0.2, 0) is 13.2 Å². The first kappa shape index (κ1) is 21.1. The van der Waals surface area contributed by atoms with Crippen molar-refractivity contribution in [3.63, 3.8) is 0 Å². The van der Waals surface area contributed by atoms with E-state index < -0.39 is 12.0 Å². The number of nitrogens with zero attached hydrogens (tertiary/aromatic N) is 4. The van der Waals surface area contributed by atoms with Crippen molar-refractivity contribution in [3.8, 4) is 5.75 Å². The molecular weight excluding hydrogens is 443 g/mol. The number of aromatic nitrogens is 5. The number of ether oxygens (including phenoxy) is 1. The molecule has 0 fully saturated rings. The molecule has 9 nitrogen and oxygen atoms in total. The maximum Gasteiger partial charge on any atom is 0.276 e. The fourth-order valence-electron chi connectivity index (χ4n) is 2.98. The summed E-state index contributed by atoms with van der Waals surface area (Å²) in [6.07, 6.45) is 5.59. The minimum atomic E-state index is -0.547. The molecule has 0 aliphatic carbocycles. The summed E-state index contributed by atoms with van der Waals surface area (Å²) in [5.41, 5.74) is 2.01. The molecule has 4 aromatic rings. The molecule has 0 saturated heterocycles. The lowest BCUT2D eigenvalue weighted by Gasteiger charge is -2.09. The van der Waals surface area contributed by atoms with E-state index in [9.17, 15) is 9.90 Å². The molecule has 0 aliphatic rings. The number of carbonyl (C=O) groups is 1. The smallest absolute Gasteiger partial charge is 0.276 e. The molecule has 160 valence electrons. The highest BCUT2D eigenvalue weighted by Crippen LogP contribution is 2.27. The largest absolute Gasteiger partial charge is 0.489 e. The van der Waals surface area contributed by atoms with Crippen LogP contribution in [0.4, 0.5) is 5.69 Å². The molecule has 1 amide bonds. The number of H-pyrrole nitrogens is 1. The van der Waals surface area contributed by atoms with Crippen LogP contribution in [0.15, 0.2) is 43.0 Å². The second kappa shape index (κ2) is 8.93. The van der Waals surface area contributed by atoms with E-state index in [1.54, 1.807) is 36.0 Å². The third-order valence-corrected chi connectivity index (χ3v) is 5.08. The van der Waals surface area contributed by atoms with Gasteiger partial charge in [-0.3, -0.25) is 19.6 Å². The lowest BCUT2D eigenvalue weighted by Crippen LogP contribution is -2.13. The number of hydrogen-bond acceptors (Lipinski definition) is 6. The van der Waals surface area contributed by atoms with Crippen LogP contribution in [0.5, 0.6) is 5.75 Å². The summed E-state index contributed by atoms with van der Waals surface area (Å²) in [5, 5.41) is 24.7. The van der Waals surface area contributed by atoms with Gasteiger partial charge in [0.05, 0.1) is 40.1 Å². The molecule has 1 atom stereocenters. The Morgan fingerprint density at radius 2 is 2.06 bits per heavy atom. The fraction of sp³-hybridized carbons (Fsp3) is 0.200. The Morgan fingerprint density at radius 3 is 2.81 bits per heavy atom. The van der Waals surface area contributed by atoms with Crippen LogP contribution in [0.3, 0.4) is 0 Å². The van der Waals surface area contributed by atoms with Gasteiger partial charge in [0.1, 0.15) is 12.4 Å². The minimum absolute atomic E-state index is 0.146. The van der Waals surface area contributed by atoms with Gasteiger partial charge in [0.15, 0.2) is 5.69 Å². The molecule has 11 heteroatoms. The van der Waals surface area contributed by atoms with Crippen molar-refractivity contribution in [2.45, 2.75) is 26.2 Å². The van der Waals surface area contributed by atoms with Crippen molar-refractivity contribution < 1.29 is 14.6 Å². The molecule has 4 rings (SSSR count). The molecular formula is C20H18Cl2N6O3. The predicted molar refractivity (Wildman–Crippen MR) is 117 cm³/mol. The SMILES string of the molecule is CC(O)Cn1cc(NC(=O)c2n[nH]c3ccc(OCc4c(Cl)cncc4Cl)cc23)cn1. The van der Waals surface area contributed by atoms with Gasteiger partial charge in [0.25, 0.3) is 5.91 Å². The van der Waals surface area contributed by atoms with Crippen molar-refractivity contribution >= 4 is 45.7 Å². The Labute approximate surface area is 187 Å². The number of pyridine rings is 1. The van der Waals surface area contributed by atoms with Crippen molar-refractivity contribution in [2.24, 2.45) is 0 Å². The zero-order valence-corrected chi connectivity index (χ0v) is 17.9. The molecule has 3 aromatic heterocycles. The van der Waals surface area contributed by atoms with Crippen LogP contribution in [0.2, 0.25) is 10.0 Å². The number of halogens is 2. The van der Waals surface area contributed by atoms with Crippen LogP contribution in [0, 0.1) is 0 Å². The summed E-state index contributed by atoms with van der Waals surface area (Å²) < 4.78 is 7.36. The van der Waals surface area contributed by atoms with Crippen molar-refractivity contribution in [3.05, 3.63) is 64.3 Å². The third kappa shape index (κ3) is 4.79. The lowest BCUT2D eigenvalue weighted by atomic mass is 10.2. The highest BCUT2D eigenvalue weighted by atomic mass is 35.5.